The van der Waals surface area contributed by atoms with E-state index >= 15 is 0 Å². The number of carbonyl (C=O) groups is 1. The van der Waals surface area contributed by atoms with Crippen molar-refractivity contribution in [1.29, 1.82) is 0 Å². The molecule has 1 aromatic carbocycles. The molecular weight excluding hydrogens is 290 g/mol. The fourth-order valence-electron chi connectivity index (χ4n) is 2.06. The highest BCUT2D eigenvalue weighted by molar-refractivity contribution is 7.90. The fourth-order valence-corrected chi connectivity index (χ4v) is 2.95. The van der Waals surface area contributed by atoms with Crippen LogP contribution in [-0.2, 0) is 16.3 Å². The molecule has 1 heterocycles. The number of hydrogen-bond donors (Lipinski definition) is 1. The maximum atomic E-state index is 12.2. The molecule has 1 N–H and O–H groups in total. The van der Waals surface area contributed by atoms with Crippen molar-refractivity contribution in [3.8, 4) is 0 Å². The van der Waals surface area contributed by atoms with Crippen molar-refractivity contribution in [2.45, 2.75) is 24.3 Å². The Hall–Kier alpha value is -2.08. The van der Waals surface area contributed by atoms with Crippen LogP contribution in [0.2, 0.25) is 0 Å². The zero-order valence-electron chi connectivity index (χ0n) is 11.9. The molecule has 5 nitrogen and oxygen atoms in total. The van der Waals surface area contributed by atoms with Crippen molar-refractivity contribution >= 4 is 15.7 Å². The molecule has 0 spiro atoms. The summed E-state index contributed by atoms with van der Waals surface area (Å²) in [5.74, 6) is 0.356. The van der Waals surface area contributed by atoms with Gasteiger partial charge in [-0.1, -0.05) is 12.1 Å². The lowest BCUT2D eigenvalue weighted by atomic mass is 10.1. The number of nitrogens with one attached hydrogen (secondary N) is 1. The molecule has 21 heavy (non-hydrogen) atoms. The van der Waals surface area contributed by atoms with Crippen molar-refractivity contribution < 1.29 is 17.6 Å². The molecular formula is C15H17NO4S. The molecule has 6 heteroatoms. The summed E-state index contributed by atoms with van der Waals surface area (Å²) in [6, 6.07) is 9.61. The van der Waals surface area contributed by atoms with Crippen LogP contribution in [0.4, 0.5) is 0 Å². The normalized spacial score (nSPS) is 12.9. The van der Waals surface area contributed by atoms with E-state index in [4.69, 9.17) is 4.42 Å². The molecule has 2 rings (SSSR count). The molecule has 0 aliphatic rings. The second-order valence-corrected chi connectivity index (χ2v) is 6.91. The van der Waals surface area contributed by atoms with Gasteiger partial charge in [0.05, 0.1) is 16.7 Å². The van der Waals surface area contributed by atoms with E-state index in [2.05, 4.69) is 5.32 Å². The summed E-state index contributed by atoms with van der Waals surface area (Å²) in [4.78, 5) is 12.3. The zero-order valence-corrected chi connectivity index (χ0v) is 12.7. The van der Waals surface area contributed by atoms with Gasteiger partial charge >= 0.3 is 0 Å². The molecule has 0 bridgehead atoms. The highest BCUT2D eigenvalue weighted by atomic mass is 32.2. The van der Waals surface area contributed by atoms with Crippen molar-refractivity contribution in [1.82, 2.24) is 5.32 Å². The van der Waals surface area contributed by atoms with Gasteiger partial charge in [0.2, 0.25) is 0 Å². The summed E-state index contributed by atoms with van der Waals surface area (Å²) in [6.45, 7) is 1.84. The van der Waals surface area contributed by atoms with Crippen LogP contribution in [0.3, 0.4) is 0 Å². The first kappa shape index (κ1) is 15.3. The van der Waals surface area contributed by atoms with Crippen molar-refractivity contribution in [3.63, 3.8) is 0 Å². The van der Waals surface area contributed by atoms with Crippen LogP contribution in [0.5, 0.6) is 0 Å². The molecule has 0 saturated heterocycles. The lowest BCUT2D eigenvalue weighted by Crippen LogP contribution is -2.34. The van der Waals surface area contributed by atoms with Crippen LogP contribution in [0.15, 0.2) is 52.0 Å². The standard InChI is InChI=1S/C15H17NO4S/c1-11(10-12-6-5-9-20-12)16-15(17)13-7-3-4-8-14(13)21(2,18)19/h3-9,11H,10H2,1-2H3,(H,16,17)/t11-/m1/s1. The van der Waals surface area contributed by atoms with Crippen LogP contribution < -0.4 is 5.32 Å². The van der Waals surface area contributed by atoms with Crippen LogP contribution in [-0.4, -0.2) is 26.6 Å². The second kappa shape index (κ2) is 6.13. The third-order valence-corrected chi connectivity index (χ3v) is 4.15. The molecule has 112 valence electrons. The Morgan fingerprint density at radius 1 is 1.24 bits per heavy atom. The predicted octanol–water partition coefficient (Wildman–Crippen LogP) is 2.04. The molecule has 1 aromatic heterocycles. The largest absolute Gasteiger partial charge is 0.469 e. The first-order valence-electron chi connectivity index (χ1n) is 6.50. The average Bonchev–Trinajstić information content (AvgIpc) is 2.90. The topological polar surface area (TPSA) is 76.4 Å². The number of amides is 1. The van der Waals surface area contributed by atoms with Gasteiger partial charge in [0, 0.05) is 18.7 Å². The van der Waals surface area contributed by atoms with Gasteiger partial charge in [0.15, 0.2) is 9.84 Å². The van der Waals surface area contributed by atoms with E-state index < -0.39 is 15.7 Å². The molecule has 2 aromatic rings. The van der Waals surface area contributed by atoms with Crippen LogP contribution >= 0.6 is 0 Å². The monoisotopic (exact) mass is 307 g/mol. The van der Waals surface area contributed by atoms with Gasteiger partial charge < -0.3 is 9.73 Å². The van der Waals surface area contributed by atoms with Crippen molar-refractivity contribution in [2.75, 3.05) is 6.26 Å². The SMILES string of the molecule is C[C@H](Cc1ccco1)NC(=O)c1ccccc1S(C)(=O)=O. The van der Waals surface area contributed by atoms with Crippen LogP contribution in [0, 0.1) is 0 Å². The first-order chi connectivity index (χ1) is 9.88. The summed E-state index contributed by atoms with van der Waals surface area (Å²) in [5, 5.41) is 2.78. The second-order valence-electron chi connectivity index (χ2n) is 4.93. The zero-order chi connectivity index (χ0) is 15.5. The Morgan fingerprint density at radius 3 is 2.57 bits per heavy atom. The minimum absolute atomic E-state index is 0.0349. The van der Waals surface area contributed by atoms with Gasteiger partial charge in [-0.3, -0.25) is 4.79 Å². The summed E-state index contributed by atoms with van der Waals surface area (Å²) in [5.41, 5.74) is 0.159. The number of rotatable bonds is 5. The van der Waals surface area contributed by atoms with Crippen molar-refractivity contribution in [3.05, 3.63) is 54.0 Å². The lowest BCUT2D eigenvalue weighted by Gasteiger charge is -2.14. The van der Waals surface area contributed by atoms with Gasteiger partial charge in [0.1, 0.15) is 5.76 Å². The van der Waals surface area contributed by atoms with E-state index in [1.807, 2.05) is 13.0 Å². The maximum Gasteiger partial charge on any atom is 0.252 e. The quantitative estimate of drug-likeness (QED) is 0.917. The van der Waals surface area contributed by atoms with E-state index in [1.165, 1.54) is 12.1 Å². The molecule has 0 saturated carbocycles. The Balaban J connectivity index is 2.14. The minimum Gasteiger partial charge on any atom is -0.469 e. The molecule has 1 amide bonds. The van der Waals surface area contributed by atoms with E-state index in [9.17, 15) is 13.2 Å². The Kier molecular flexibility index (Phi) is 4.47. The van der Waals surface area contributed by atoms with Crippen LogP contribution in [0.1, 0.15) is 23.0 Å². The van der Waals surface area contributed by atoms with E-state index in [0.29, 0.717) is 6.42 Å². The van der Waals surface area contributed by atoms with Gasteiger partial charge in [-0.25, -0.2) is 8.42 Å². The molecule has 0 aliphatic heterocycles. The number of sulfone groups is 1. The Labute approximate surface area is 123 Å². The summed E-state index contributed by atoms with van der Waals surface area (Å²) in [7, 11) is -3.44. The molecule has 0 radical (unpaired) electrons. The summed E-state index contributed by atoms with van der Waals surface area (Å²) < 4.78 is 28.6. The van der Waals surface area contributed by atoms with Gasteiger partial charge in [-0.05, 0) is 31.2 Å². The maximum absolute atomic E-state index is 12.2. The third kappa shape index (κ3) is 3.95. The predicted molar refractivity (Wildman–Crippen MR) is 78.9 cm³/mol. The minimum atomic E-state index is -3.44. The van der Waals surface area contributed by atoms with E-state index in [0.717, 1.165) is 12.0 Å². The summed E-state index contributed by atoms with van der Waals surface area (Å²) >= 11 is 0. The first-order valence-corrected chi connectivity index (χ1v) is 8.39. The molecule has 0 aliphatic carbocycles. The van der Waals surface area contributed by atoms with Crippen LogP contribution in [0.25, 0.3) is 0 Å². The summed E-state index contributed by atoms with van der Waals surface area (Å²) in [6.07, 6.45) is 3.20. The fraction of sp³-hybridized carbons (Fsp3) is 0.267. The highest BCUT2D eigenvalue weighted by Gasteiger charge is 2.19. The molecule has 0 fully saturated rings. The smallest absolute Gasteiger partial charge is 0.252 e. The van der Waals surface area contributed by atoms with Gasteiger partial charge in [0.25, 0.3) is 5.91 Å². The van der Waals surface area contributed by atoms with E-state index in [-0.39, 0.29) is 16.5 Å². The van der Waals surface area contributed by atoms with Gasteiger partial charge in [-0.2, -0.15) is 0 Å². The number of furan rings is 1. The number of benzene rings is 1. The third-order valence-electron chi connectivity index (χ3n) is 3.00. The van der Waals surface area contributed by atoms with E-state index in [1.54, 1.807) is 24.5 Å². The number of carbonyl (C=O) groups excluding carboxylic acids is 1. The molecule has 0 unspecified atom stereocenters. The average molecular weight is 307 g/mol. The Morgan fingerprint density at radius 2 is 1.95 bits per heavy atom. The Bertz CT molecular complexity index is 720. The highest BCUT2D eigenvalue weighted by Crippen LogP contribution is 2.15. The number of hydrogen-bond acceptors (Lipinski definition) is 4. The lowest BCUT2D eigenvalue weighted by molar-refractivity contribution is 0.0936. The van der Waals surface area contributed by atoms with Crippen molar-refractivity contribution in [2.24, 2.45) is 0 Å². The van der Waals surface area contributed by atoms with Gasteiger partial charge in [-0.15, -0.1) is 0 Å². The molecule has 1 atom stereocenters.